The Labute approximate surface area is 176 Å². The Bertz CT molecular complexity index is 898. The van der Waals surface area contributed by atoms with E-state index in [2.05, 4.69) is 28.1 Å². The van der Waals surface area contributed by atoms with E-state index in [9.17, 15) is 14.4 Å². The maximum absolute atomic E-state index is 12.9. The van der Waals surface area contributed by atoms with Crippen LogP contribution in [-0.4, -0.2) is 37.0 Å². The van der Waals surface area contributed by atoms with E-state index in [1.54, 1.807) is 24.3 Å². The summed E-state index contributed by atoms with van der Waals surface area (Å²) < 4.78 is 0. The number of hydrogen-bond donors (Lipinski definition) is 3. The second kappa shape index (κ2) is 9.91. The molecule has 0 aromatic heterocycles. The van der Waals surface area contributed by atoms with Gasteiger partial charge in [0.15, 0.2) is 0 Å². The lowest BCUT2D eigenvalue weighted by molar-refractivity contribution is -0.123. The second-order valence-electron chi connectivity index (χ2n) is 7.70. The predicted molar refractivity (Wildman–Crippen MR) is 117 cm³/mol. The summed E-state index contributed by atoms with van der Waals surface area (Å²) in [7, 11) is 0. The molecule has 158 valence electrons. The van der Waals surface area contributed by atoms with Crippen molar-refractivity contribution in [1.29, 1.82) is 0 Å². The number of amides is 4. The van der Waals surface area contributed by atoms with Crippen LogP contribution in [0.15, 0.2) is 54.6 Å². The number of benzene rings is 2. The van der Waals surface area contributed by atoms with E-state index in [0.717, 1.165) is 12.8 Å². The molecule has 2 aromatic rings. The molecule has 1 aliphatic heterocycles. The number of para-hydroxylation sites is 2. The zero-order valence-electron chi connectivity index (χ0n) is 17.4. The van der Waals surface area contributed by atoms with Gasteiger partial charge in [0.25, 0.3) is 0 Å². The SMILES string of the molecule is CC(C)[C@@H](NC(=O)N1CC(=O)Nc2ccccc21)C(=O)NCCCc1ccccc1. The monoisotopic (exact) mass is 408 g/mol. The van der Waals surface area contributed by atoms with Gasteiger partial charge >= 0.3 is 6.03 Å². The zero-order chi connectivity index (χ0) is 21.5. The van der Waals surface area contributed by atoms with Crippen molar-refractivity contribution in [2.75, 3.05) is 23.3 Å². The van der Waals surface area contributed by atoms with E-state index in [1.807, 2.05) is 32.0 Å². The molecule has 0 spiro atoms. The van der Waals surface area contributed by atoms with E-state index < -0.39 is 12.1 Å². The maximum Gasteiger partial charge on any atom is 0.323 e. The van der Waals surface area contributed by atoms with Gasteiger partial charge in [0.05, 0.1) is 11.4 Å². The molecule has 2 aromatic carbocycles. The van der Waals surface area contributed by atoms with Gasteiger partial charge in [0.1, 0.15) is 12.6 Å². The van der Waals surface area contributed by atoms with Gasteiger partial charge in [-0.05, 0) is 36.5 Å². The van der Waals surface area contributed by atoms with E-state index in [-0.39, 0.29) is 24.3 Å². The molecule has 1 atom stereocenters. The van der Waals surface area contributed by atoms with Crippen molar-refractivity contribution in [3.05, 3.63) is 60.2 Å². The van der Waals surface area contributed by atoms with Gasteiger partial charge in [0.2, 0.25) is 11.8 Å². The first-order chi connectivity index (χ1) is 14.5. The second-order valence-corrected chi connectivity index (χ2v) is 7.70. The van der Waals surface area contributed by atoms with Crippen molar-refractivity contribution in [2.24, 2.45) is 5.92 Å². The van der Waals surface area contributed by atoms with Crippen LogP contribution in [-0.2, 0) is 16.0 Å². The number of anilines is 2. The molecule has 4 amide bonds. The molecule has 3 rings (SSSR count). The molecular weight excluding hydrogens is 380 g/mol. The number of rotatable bonds is 7. The lowest BCUT2D eigenvalue weighted by Crippen LogP contribution is -2.55. The van der Waals surface area contributed by atoms with Gasteiger partial charge in [-0.1, -0.05) is 56.3 Å². The number of nitrogens with zero attached hydrogens (tertiary/aromatic N) is 1. The molecule has 1 heterocycles. The Kier molecular flexibility index (Phi) is 7.06. The lowest BCUT2D eigenvalue weighted by atomic mass is 10.0. The molecule has 0 saturated carbocycles. The standard InChI is InChI=1S/C23H28N4O3/c1-16(2)21(22(29)24-14-8-11-17-9-4-3-5-10-17)26-23(30)27-15-20(28)25-18-12-6-7-13-19(18)27/h3-7,9-10,12-13,16,21H,8,11,14-15H2,1-2H3,(H,24,29)(H,25,28)(H,26,30)/t21-/m1/s1. The average Bonchev–Trinajstić information content (AvgIpc) is 2.74. The maximum atomic E-state index is 12.9. The molecule has 0 bridgehead atoms. The minimum Gasteiger partial charge on any atom is -0.354 e. The third kappa shape index (κ3) is 5.37. The van der Waals surface area contributed by atoms with Gasteiger partial charge in [-0.3, -0.25) is 14.5 Å². The molecule has 0 radical (unpaired) electrons. The Balaban J connectivity index is 1.57. The first kappa shape index (κ1) is 21.4. The van der Waals surface area contributed by atoms with Crippen LogP contribution in [0.25, 0.3) is 0 Å². The summed E-state index contributed by atoms with van der Waals surface area (Å²) in [6.07, 6.45) is 1.69. The van der Waals surface area contributed by atoms with Gasteiger partial charge in [-0.15, -0.1) is 0 Å². The van der Waals surface area contributed by atoms with Crippen LogP contribution in [0.3, 0.4) is 0 Å². The Morgan fingerprint density at radius 1 is 1.07 bits per heavy atom. The van der Waals surface area contributed by atoms with Crippen LogP contribution < -0.4 is 20.9 Å². The van der Waals surface area contributed by atoms with Crippen molar-refractivity contribution < 1.29 is 14.4 Å². The first-order valence-electron chi connectivity index (χ1n) is 10.2. The quantitative estimate of drug-likeness (QED) is 0.615. The molecule has 1 aliphatic rings. The van der Waals surface area contributed by atoms with Crippen molar-refractivity contribution in [1.82, 2.24) is 10.6 Å². The highest BCUT2D eigenvalue weighted by Gasteiger charge is 2.31. The molecule has 7 heteroatoms. The van der Waals surface area contributed by atoms with Crippen LogP contribution in [0.2, 0.25) is 0 Å². The number of aryl methyl sites for hydroxylation is 1. The Morgan fingerprint density at radius 3 is 2.50 bits per heavy atom. The number of carbonyl (C=O) groups excluding carboxylic acids is 3. The van der Waals surface area contributed by atoms with Gasteiger partial charge in [-0.2, -0.15) is 0 Å². The number of fused-ring (bicyclic) bond motifs is 1. The molecule has 0 fully saturated rings. The van der Waals surface area contributed by atoms with Crippen LogP contribution in [0.1, 0.15) is 25.8 Å². The van der Waals surface area contributed by atoms with E-state index in [1.165, 1.54) is 10.5 Å². The van der Waals surface area contributed by atoms with Gasteiger partial charge in [0, 0.05) is 6.54 Å². The number of urea groups is 1. The average molecular weight is 409 g/mol. The summed E-state index contributed by atoms with van der Waals surface area (Å²) >= 11 is 0. The highest BCUT2D eigenvalue weighted by molar-refractivity contribution is 6.10. The van der Waals surface area contributed by atoms with Crippen molar-refractivity contribution in [2.45, 2.75) is 32.7 Å². The summed E-state index contributed by atoms with van der Waals surface area (Å²) in [5.74, 6) is -0.589. The van der Waals surface area contributed by atoms with Gasteiger partial charge in [-0.25, -0.2) is 4.79 Å². The zero-order valence-corrected chi connectivity index (χ0v) is 17.4. The summed E-state index contributed by atoms with van der Waals surface area (Å²) in [5, 5.41) is 8.47. The number of carbonyl (C=O) groups is 3. The predicted octanol–water partition coefficient (Wildman–Crippen LogP) is 2.93. The minimum atomic E-state index is -0.689. The fourth-order valence-corrected chi connectivity index (χ4v) is 3.42. The fourth-order valence-electron chi connectivity index (χ4n) is 3.42. The summed E-state index contributed by atoms with van der Waals surface area (Å²) in [6.45, 7) is 4.20. The van der Waals surface area contributed by atoms with Gasteiger partial charge < -0.3 is 16.0 Å². The van der Waals surface area contributed by atoms with E-state index in [4.69, 9.17) is 0 Å². The fraction of sp³-hybridized carbons (Fsp3) is 0.348. The highest BCUT2D eigenvalue weighted by atomic mass is 16.2. The van der Waals surface area contributed by atoms with Crippen LogP contribution >= 0.6 is 0 Å². The molecule has 0 aliphatic carbocycles. The van der Waals surface area contributed by atoms with Crippen LogP contribution in [0, 0.1) is 5.92 Å². The molecule has 0 saturated heterocycles. The topological polar surface area (TPSA) is 90.5 Å². The third-order valence-corrected chi connectivity index (χ3v) is 5.03. The smallest absolute Gasteiger partial charge is 0.323 e. The van der Waals surface area contributed by atoms with Crippen LogP contribution in [0.5, 0.6) is 0 Å². The molecule has 3 N–H and O–H groups in total. The normalized spacial score (nSPS) is 14.0. The molecular formula is C23H28N4O3. The molecule has 30 heavy (non-hydrogen) atoms. The summed E-state index contributed by atoms with van der Waals surface area (Å²) in [4.78, 5) is 38.9. The van der Waals surface area contributed by atoms with Crippen molar-refractivity contribution >= 4 is 29.2 Å². The summed E-state index contributed by atoms with van der Waals surface area (Å²) in [6, 6.07) is 16.0. The number of nitrogens with one attached hydrogen (secondary N) is 3. The van der Waals surface area contributed by atoms with Crippen molar-refractivity contribution in [3.63, 3.8) is 0 Å². The molecule has 0 unspecified atom stereocenters. The lowest BCUT2D eigenvalue weighted by Gasteiger charge is -2.31. The Morgan fingerprint density at radius 2 is 1.77 bits per heavy atom. The Hall–Kier alpha value is -3.35. The van der Waals surface area contributed by atoms with Crippen molar-refractivity contribution in [3.8, 4) is 0 Å². The van der Waals surface area contributed by atoms with E-state index >= 15 is 0 Å². The number of hydrogen-bond acceptors (Lipinski definition) is 3. The van der Waals surface area contributed by atoms with E-state index in [0.29, 0.717) is 17.9 Å². The largest absolute Gasteiger partial charge is 0.354 e. The summed E-state index contributed by atoms with van der Waals surface area (Å²) in [5.41, 5.74) is 2.42. The molecule has 7 nitrogen and oxygen atoms in total. The minimum absolute atomic E-state index is 0.0909. The third-order valence-electron chi connectivity index (χ3n) is 5.03. The highest BCUT2D eigenvalue weighted by Crippen LogP contribution is 2.28. The van der Waals surface area contributed by atoms with Crippen LogP contribution in [0.4, 0.5) is 16.2 Å². The first-order valence-corrected chi connectivity index (χ1v) is 10.2.